The number of para-hydroxylation sites is 1. The minimum atomic E-state index is 0.237. The molecule has 1 aliphatic rings. The van der Waals surface area contributed by atoms with E-state index in [4.69, 9.17) is 4.74 Å². The number of hydrogen-bond acceptors (Lipinski definition) is 3. The van der Waals surface area contributed by atoms with Gasteiger partial charge >= 0.3 is 0 Å². The van der Waals surface area contributed by atoms with E-state index in [1.165, 1.54) is 23.1 Å². The molecule has 1 atom stereocenters. The molecule has 1 unspecified atom stereocenters. The molecule has 0 radical (unpaired) electrons. The Balaban J connectivity index is 1.70. The van der Waals surface area contributed by atoms with Crippen LogP contribution in [-0.4, -0.2) is 31.1 Å². The number of hydrogen-bond donors (Lipinski definition) is 1. The first-order valence-electron chi connectivity index (χ1n) is 10.1. The number of rotatable bonds is 5. The van der Waals surface area contributed by atoms with Crippen molar-refractivity contribution >= 4 is 0 Å². The molecule has 3 heteroatoms. The van der Waals surface area contributed by atoms with Gasteiger partial charge in [-0.1, -0.05) is 54.6 Å². The van der Waals surface area contributed by atoms with Crippen LogP contribution in [-0.2, 0) is 0 Å². The summed E-state index contributed by atoms with van der Waals surface area (Å²) in [5, 5.41) is 3.53. The van der Waals surface area contributed by atoms with Crippen LogP contribution in [0.4, 0.5) is 0 Å². The predicted octanol–water partition coefficient (Wildman–Crippen LogP) is 5.17. The van der Waals surface area contributed by atoms with Crippen molar-refractivity contribution in [1.82, 2.24) is 10.2 Å². The topological polar surface area (TPSA) is 24.5 Å². The molecule has 0 spiro atoms. The van der Waals surface area contributed by atoms with Crippen molar-refractivity contribution in [3.63, 3.8) is 0 Å². The van der Waals surface area contributed by atoms with Gasteiger partial charge in [0.25, 0.3) is 0 Å². The highest BCUT2D eigenvalue weighted by molar-refractivity contribution is 5.41. The number of nitrogens with one attached hydrogen (secondary N) is 1. The zero-order chi connectivity index (χ0) is 19.2. The summed E-state index contributed by atoms with van der Waals surface area (Å²) in [4.78, 5) is 2.60. The fraction of sp³-hybridized carbons (Fsp3) is 0.280. The second-order valence-corrected chi connectivity index (χ2v) is 7.39. The van der Waals surface area contributed by atoms with E-state index in [1.807, 2.05) is 36.4 Å². The van der Waals surface area contributed by atoms with Gasteiger partial charge in [-0.3, -0.25) is 4.90 Å². The van der Waals surface area contributed by atoms with Crippen LogP contribution >= 0.6 is 0 Å². The average molecular weight is 373 g/mol. The molecule has 0 aromatic heterocycles. The van der Waals surface area contributed by atoms with Crippen molar-refractivity contribution in [2.75, 3.05) is 26.2 Å². The van der Waals surface area contributed by atoms with E-state index < -0.39 is 0 Å². The van der Waals surface area contributed by atoms with Gasteiger partial charge in [0.1, 0.15) is 11.5 Å². The molecule has 3 aromatic rings. The third-order valence-electron chi connectivity index (χ3n) is 5.38. The first kappa shape index (κ1) is 18.7. The smallest absolute Gasteiger partial charge is 0.127 e. The molecule has 0 amide bonds. The summed E-state index contributed by atoms with van der Waals surface area (Å²) in [5.74, 6) is 1.75. The maximum absolute atomic E-state index is 6.12. The predicted molar refractivity (Wildman–Crippen MR) is 115 cm³/mol. The summed E-state index contributed by atoms with van der Waals surface area (Å²) < 4.78 is 6.12. The lowest BCUT2D eigenvalue weighted by Gasteiger charge is -2.32. The van der Waals surface area contributed by atoms with Gasteiger partial charge in [-0.05, 0) is 60.8 Å². The van der Waals surface area contributed by atoms with Crippen molar-refractivity contribution in [2.45, 2.75) is 19.4 Å². The molecule has 1 saturated heterocycles. The molecule has 0 bridgehead atoms. The highest BCUT2D eigenvalue weighted by atomic mass is 16.5. The van der Waals surface area contributed by atoms with Gasteiger partial charge in [-0.2, -0.15) is 0 Å². The summed E-state index contributed by atoms with van der Waals surface area (Å²) >= 11 is 0. The number of nitrogens with zero attached hydrogens (tertiary/aromatic N) is 1. The van der Waals surface area contributed by atoms with Crippen LogP contribution < -0.4 is 10.1 Å². The minimum Gasteiger partial charge on any atom is -0.457 e. The van der Waals surface area contributed by atoms with Crippen LogP contribution in [0.2, 0.25) is 0 Å². The third-order valence-corrected chi connectivity index (χ3v) is 5.38. The van der Waals surface area contributed by atoms with E-state index in [0.717, 1.165) is 37.7 Å². The summed E-state index contributed by atoms with van der Waals surface area (Å²) in [7, 11) is 0. The Kier molecular flexibility index (Phi) is 6.05. The van der Waals surface area contributed by atoms with Gasteiger partial charge in [-0.15, -0.1) is 0 Å². The molecule has 28 heavy (non-hydrogen) atoms. The van der Waals surface area contributed by atoms with Gasteiger partial charge in [0.15, 0.2) is 0 Å². The maximum Gasteiger partial charge on any atom is 0.127 e. The fourth-order valence-electron chi connectivity index (χ4n) is 3.98. The first-order valence-corrected chi connectivity index (χ1v) is 10.1. The average Bonchev–Trinajstić information content (AvgIpc) is 3.00. The van der Waals surface area contributed by atoms with Crippen LogP contribution in [0.5, 0.6) is 11.5 Å². The Labute approximate surface area is 168 Å². The third kappa shape index (κ3) is 4.44. The zero-order valence-corrected chi connectivity index (χ0v) is 16.5. The van der Waals surface area contributed by atoms with Crippen molar-refractivity contribution in [3.05, 3.63) is 95.6 Å². The molecule has 1 heterocycles. The Hall–Kier alpha value is -2.62. The van der Waals surface area contributed by atoms with Crippen molar-refractivity contribution in [2.24, 2.45) is 0 Å². The fourth-order valence-corrected chi connectivity index (χ4v) is 3.98. The monoisotopic (exact) mass is 372 g/mol. The molecule has 3 aromatic carbocycles. The number of aryl methyl sites for hydroxylation is 1. The molecule has 1 N–H and O–H groups in total. The zero-order valence-electron chi connectivity index (χ0n) is 16.5. The number of ether oxygens (including phenoxy) is 1. The van der Waals surface area contributed by atoms with Crippen molar-refractivity contribution in [3.8, 4) is 11.5 Å². The van der Waals surface area contributed by atoms with E-state index >= 15 is 0 Å². The van der Waals surface area contributed by atoms with Crippen LogP contribution in [0.15, 0.2) is 78.9 Å². The highest BCUT2D eigenvalue weighted by Crippen LogP contribution is 2.34. The molecular formula is C25H28N2O. The molecule has 3 nitrogen and oxygen atoms in total. The molecule has 0 saturated carbocycles. The molecule has 0 aliphatic carbocycles. The van der Waals surface area contributed by atoms with Gasteiger partial charge < -0.3 is 10.1 Å². The molecule has 1 fully saturated rings. The minimum absolute atomic E-state index is 0.237. The van der Waals surface area contributed by atoms with Crippen LogP contribution in [0, 0.1) is 6.92 Å². The Bertz CT molecular complexity index is 886. The van der Waals surface area contributed by atoms with Crippen molar-refractivity contribution in [1.29, 1.82) is 0 Å². The van der Waals surface area contributed by atoms with Gasteiger partial charge in [-0.25, -0.2) is 0 Å². The lowest BCUT2D eigenvalue weighted by molar-refractivity contribution is 0.240. The second kappa shape index (κ2) is 9.05. The molecule has 4 rings (SSSR count). The first-order chi connectivity index (χ1) is 13.8. The van der Waals surface area contributed by atoms with Gasteiger partial charge in [0, 0.05) is 19.6 Å². The lowest BCUT2D eigenvalue weighted by Crippen LogP contribution is -2.33. The standard InChI is InChI=1S/C25H28N2O/c1-20-9-5-6-14-24(20)25(27-17-8-15-26-16-18-27)21-10-7-13-23(19-21)28-22-11-3-2-4-12-22/h2-7,9-14,19,25-26H,8,15-18H2,1H3. The Morgan fingerprint density at radius 1 is 0.821 bits per heavy atom. The van der Waals surface area contributed by atoms with E-state index in [9.17, 15) is 0 Å². The summed E-state index contributed by atoms with van der Waals surface area (Å²) in [6.45, 7) is 6.47. The quantitative estimate of drug-likeness (QED) is 0.668. The lowest BCUT2D eigenvalue weighted by atomic mass is 9.93. The van der Waals surface area contributed by atoms with E-state index in [2.05, 4.69) is 59.6 Å². The van der Waals surface area contributed by atoms with Crippen LogP contribution in [0.3, 0.4) is 0 Å². The van der Waals surface area contributed by atoms with E-state index in [-0.39, 0.29) is 6.04 Å². The molecule has 144 valence electrons. The van der Waals surface area contributed by atoms with Crippen molar-refractivity contribution < 1.29 is 4.74 Å². The largest absolute Gasteiger partial charge is 0.457 e. The normalized spacial score (nSPS) is 16.3. The van der Waals surface area contributed by atoms with Crippen LogP contribution in [0.1, 0.15) is 29.2 Å². The molecular weight excluding hydrogens is 344 g/mol. The summed E-state index contributed by atoms with van der Waals surface area (Å²) in [5.41, 5.74) is 3.99. The van der Waals surface area contributed by atoms with E-state index in [0.29, 0.717) is 0 Å². The van der Waals surface area contributed by atoms with E-state index in [1.54, 1.807) is 0 Å². The second-order valence-electron chi connectivity index (χ2n) is 7.39. The maximum atomic E-state index is 6.12. The number of benzene rings is 3. The van der Waals surface area contributed by atoms with Gasteiger partial charge in [0.2, 0.25) is 0 Å². The summed E-state index contributed by atoms with van der Waals surface area (Å²) in [6, 6.07) is 27.5. The van der Waals surface area contributed by atoms with Gasteiger partial charge in [0.05, 0.1) is 6.04 Å². The SMILES string of the molecule is Cc1ccccc1C(c1cccc(Oc2ccccc2)c1)N1CCCNCC1. The Morgan fingerprint density at radius 3 is 2.46 bits per heavy atom. The Morgan fingerprint density at radius 2 is 1.61 bits per heavy atom. The van der Waals surface area contributed by atoms with Crippen LogP contribution in [0.25, 0.3) is 0 Å². The molecule has 1 aliphatic heterocycles. The summed E-state index contributed by atoms with van der Waals surface area (Å²) in [6.07, 6.45) is 1.17. The highest BCUT2D eigenvalue weighted by Gasteiger charge is 2.24.